The van der Waals surface area contributed by atoms with Crippen LogP contribution in [0.25, 0.3) is 0 Å². The topological polar surface area (TPSA) is 15.3 Å². The standard InChI is InChI=1S/C14H19F3N2/c1-9(2)18-10-4-3-5-19(8-10)11-6-12(15)14(17)13(16)7-11/h6-7,9-10,18H,3-5,8H2,1-2H3. The lowest BCUT2D eigenvalue weighted by Crippen LogP contribution is -2.48. The monoisotopic (exact) mass is 272 g/mol. The van der Waals surface area contributed by atoms with Crippen LogP contribution in [0.4, 0.5) is 18.9 Å². The van der Waals surface area contributed by atoms with Crippen LogP contribution in [0.15, 0.2) is 12.1 Å². The van der Waals surface area contributed by atoms with Gasteiger partial charge in [0, 0.05) is 43.0 Å². The van der Waals surface area contributed by atoms with Crippen LogP contribution in [0.3, 0.4) is 0 Å². The summed E-state index contributed by atoms with van der Waals surface area (Å²) in [6.07, 6.45) is 1.99. The Morgan fingerprint density at radius 3 is 2.42 bits per heavy atom. The lowest BCUT2D eigenvalue weighted by molar-refractivity contribution is 0.393. The maximum absolute atomic E-state index is 13.2. The minimum absolute atomic E-state index is 0.296. The molecule has 1 aliphatic heterocycles. The molecule has 1 aromatic carbocycles. The summed E-state index contributed by atoms with van der Waals surface area (Å²) in [7, 11) is 0. The van der Waals surface area contributed by atoms with Crippen LogP contribution >= 0.6 is 0 Å². The molecule has 0 saturated carbocycles. The molecular formula is C14H19F3N2. The summed E-state index contributed by atoms with van der Waals surface area (Å²) in [4.78, 5) is 1.90. The third kappa shape index (κ3) is 3.41. The van der Waals surface area contributed by atoms with Gasteiger partial charge in [0.1, 0.15) is 0 Å². The van der Waals surface area contributed by atoms with Gasteiger partial charge in [0.25, 0.3) is 0 Å². The van der Waals surface area contributed by atoms with Crippen molar-refractivity contribution in [1.29, 1.82) is 0 Å². The van der Waals surface area contributed by atoms with E-state index in [0.717, 1.165) is 31.5 Å². The number of anilines is 1. The second-order valence-electron chi connectivity index (χ2n) is 5.33. The fourth-order valence-corrected chi connectivity index (χ4v) is 2.54. The van der Waals surface area contributed by atoms with Crippen molar-refractivity contribution in [3.8, 4) is 0 Å². The van der Waals surface area contributed by atoms with Crippen LogP contribution in [0.1, 0.15) is 26.7 Å². The number of benzene rings is 1. The van der Waals surface area contributed by atoms with E-state index in [9.17, 15) is 13.2 Å². The zero-order chi connectivity index (χ0) is 14.0. The Labute approximate surface area is 111 Å². The van der Waals surface area contributed by atoms with Crippen molar-refractivity contribution in [1.82, 2.24) is 5.32 Å². The van der Waals surface area contributed by atoms with Crippen molar-refractivity contribution in [3.05, 3.63) is 29.6 Å². The third-order valence-electron chi connectivity index (χ3n) is 3.32. The highest BCUT2D eigenvalue weighted by Crippen LogP contribution is 2.24. The molecule has 5 heteroatoms. The highest BCUT2D eigenvalue weighted by atomic mass is 19.2. The Bertz CT molecular complexity index is 425. The minimum atomic E-state index is -1.40. The Balaban J connectivity index is 2.13. The van der Waals surface area contributed by atoms with Crippen molar-refractivity contribution in [3.63, 3.8) is 0 Å². The van der Waals surface area contributed by atoms with Crippen LogP contribution < -0.4 is 10.2 Å². The normalized spacial score (nSPS) is 20.1. The largest absolute Gasteiger partial charge is 0.370 e. The van der Waals surface area contributed by atoms with E-state index in [1.165, 1.54) is 0 Å². The molecule has 19 heavy (non-hydrogen) atoms. The summed E-state index contributed by atoms with van der Waals surface area (Å²) in [5.41, 5.74) is 0.409. The van der Waals surface area contributed by atoms with Gasteiger partial charge in [-0.2, -0.15) is 0 Å². The molecule has 0 amide bonds. The maximum Gasteiger partial charge on any atom is 0.194 e. The molecule has 0 aromatic heterocycles. The van der Waals surface area contributed by atoms with Crippen LogP contribution in [0.2, 0.25) is 0 Å². The average Bonchev–Trinajstić information content (AvgIpc) is 2.35. The Morgan fingerprint density at radius 1 is 1.21 bits per heavy atom. The Kier molecular flexibility index (Phi) is 4.34. The van der Waals surface area contributed by atoms with E-state index in [2.05, 4.69) is 19.2 Å². The summed E-state index contributed by atoms with van der Waals surface area (Å²) in [5.74, 6) is -3.67. The minimum Gasteiger partial charge on any atom is -0.370 e. The smallest absolute Gasteiger partial charge is 0.194 e. The molecule has 1 aromatic rings. The quantitative estimate of drug-likeness (QED) is 0.851. The summed E-state index contributed by atoms with van der Waals surface area (Å²) in [6, 6.07) is 2.79. The number of nitrogens with zero attached hydrogens (tertiary/aromatic N) is 1. The summed E-state index contributed by atoms with van der Waals surface area (Å²) < 4.78 is 39.4. The van der Waals surface area contributed by atoms with E-state index in [1.807, 2.05) is 4.90 Å². The second-order valence-corrected chi connectivity index (χ2v) is 5.33. The zero-order valence-corrected chi connectivity index (χ0v) is 11.2. The average molecular weight is 272 g/mol. The molecule has 0 bridgehead atoms. The molecule has 1 fully saturated rings. The predicted molar refractivity (Wildman–Crippen MR) is 69.8 cm³/mol. The highest BCUT2D eigenvalue weighted by molar-refractivity contribution is 5.48. The molecule has 1 atom stereocenters. The van der Waals surface area contributed by atoms with Gasteiger partial charge in [0.15, 0.2) is 17.5 Å². The van der Waals surface area contributed by atoms with Gasteiger partial charge in [-0.1, -0.05) is 13.8 Å². The van der Waals surface area contributed by atoms with Gasteiger partial charge in [0.2, 0.25) is 0 Å². The highest BCUT2D eigenvalue weighted by Gasteiger charge is 2.22. The second kappa shape index (κ2) is 5.82. The van der Waals surface area contributed by atoms with E-state index in [4.69, 9.17) is 0 Å². The zero-order valence-electron chi connectivity index (χ0n) is 11.2. The molecule has 0 aliphatic carbocycles. The SMILES string of the molecule is CC(C)NC1CCCN(c2cc(F)c(F)c(F)c2)C1. The molecule has 2 rings (SSSR count). The van der Waals surface area contributed by atoms with E-state index in [1.54, 1.807) is 0 Å². The molecule has 0 radical (unpaired) electrons. The Hall–Kier alpha value is -1.23. The van der Waals surface area contributed by atoms with E-state index < -0.39 is 17.5 Å². The summed E-state index contributed by atoms with van der Waals surface area (Å²) in [5, 5.41) is 3.42. The molecular weight excluding hydrogens is 253 g/mol. The van der Waals surface area contributed by atoms with Gasteiger partial charge in [-0.05, 0) is 12.8 Å². The number of rotatable bonds is 3. The first-order valence-corrected chi connectivity index (χ1v) is 6.63. The van der Waals surface area contributed by atoms with E-state index >= 15 is 0 Å². The summed E-state index contributed by atoms with van der Waals surface area (Å²) >= 11 is 0. The third-order valence-corrected chi connectivity index (χ3v) is 3.32. The molecule has 2 nitrogen and oxygen atoms in total. The van der Waals surface area contributed by atoms with Crippen molar-refractivity contribution >= 4 is 5.69 Å². The lowest BCUT2D eigenvalue weighted by atomic mass is 10.0. The van der Waals surface area contributed by atoms with Gasteiger partial charge < -0.3 is 10.2 Å². The van der Waals surface area contributed by atoms with Crippen LogP contribution in [0.5, 0.6) is 0 Å². The van der Waals surface area contributed by atoms with Crippen LogP contribution in [-0.4, -0.2) is 25.2 Å². The number of halogens is 3. The molecule has 1 aliphatic rings. The van der Waals surface area contributed by atoms with Crippen molar-refractivity contribution in [2.24, 2.45) is 0 Å². The van der Waals surface area contributed by atoms with Crippen LogP contribution in [0, 0.1) is 17.5 Å². The maximum atomic E-state index is 13.2. The fourth-order valence-electron chi connectivity index (χ4n) is 2.54. The van der Waals surface area contributed by atoms with E-state index in [0.29, 0.717) is 24.3 Å². The van der Waals surface area contributed by atoms with Gasteiger partial charge in [-0.15, -0.1) is 0 Å². The first-order valence-electron chi connectivity index (χ1n) is 6.63. The lowest BCUT2D eigenvalue weighted by Gasteiger charge is -2.35. The number of nitrogens with one attached hydrogen (secondary N) is 1. The number of hydrogen-bond acceptors (Lipinski definition) is 2. The molecule has 1 N–H and O–H groups in total. The fraction of sp³-hybridized carbons (Fsp3) is 0.571. The van der Waals surface area contributed by atoms with Crippen LogP contribution in [-0.2, 0) is 0 Å². The first kappa shape index (κ1) is 14.2. The van der Waals surface area contributed by atoms with Gasteiger partial charge in [-0.25, -0.2) is 13.2 Å². The van der Waals surface area contributed by atoms with Crippen molar-refractivity contribution in [2.75, 3.05) is 18.0 Å². The molecule has 0 spiro atoms. The Morgan fingerprint density at radius 2 is 1.84 bits per heavy atom. The summed E-state index contributed by atoms with van der Waals surface area (Å²) in [6.45, 7) is 5.55. The molecule has 1 unspecified atom stereocenters. The van der Waals surface area contributed by atoms with E-state index in [-0.39, 0.29) is 0 Å². The van der Waals surface area contributed by atoms with Gasteiger partial charge in [-0.3, -0.25) is 0 Å². The number of piperidine rings is 1. The van der Waals surface area contributed by atoms with Gasteiger partial charge in [0.05, 0.1) is 0 Å². The molecule has 106 valence electrons. The first-order chi connectivity index (χ1) is 8.97. The molecule has 1 heterocycles. The molecule has 1 saturated heterocycles. The number of hydrogen-bond donors (Lipinski definition) is 1. The van der Waals surface area contributed by atoms with Crippen molar-refractivity contribution in [2.45, 2.75) is 38.8 Å². The van der Waals surface area contributed by atoms with Gasteiger partial charge >= 0.3 is 0 Å². The van der Waals surface area contributed by atoms with Crippen molar-refractivity contribution < 1.29 is 13.2 Å². The predicted octanol–water partition coefficient (Wildman–Crippen LogP) is 3.07.